The summed E-state index contributed by atoms with van der Waals surface area (Å²) in [6.07, 6.45) is 1.64. The van der Waals surface area contributed by atoms with Crippen molar-refractivity contribution < 1.29 is 9.90 Å². The Balaban J connectivity index is 2.61. The fourth-order valence-electron chi connectivity index (χ4n) is 0.797. The molecule has 1 aromatic heterocycles. The molecule has 1 rings (SSSR count). The summed E-state index contributed by atoms with van der Waals surface area (Å²) in [5, 5.41) is 11.3. The van der Waals surface area contributed by atoms with Crippen molar-refractivity contribution in [3.63, 3.8) is 0 Å². The number of aliphatic hydroxyl groups excluding tert-OH is 1. The van der Waals surface area contributed by atoms with Crippen LogP contribution in [0, 0.1) is 0 Å². The Morgan fingerprint density at radius 2 is 2.50 bits per heavy atom. The van der Waals surface area contributed by atoms with Gasteiger partial charge in [0.2, 0.25) is 0 Å². The van der Waals surface area contributed by atoms with Crippen LogP contribution in [0.3, 0.4) is 0 Å². The summed E-state index contributed by atoms with van der Waals surface area (Å²) < 4.78 is 0. The molecule has 0 unspecified atom stereocenters. The number of H-pyrrole nitrogens is 1. The quantitative estimate of drug-likeness (QED) is 0.572. The van der Waals surface area contributed by atoms with Crippen LogP contribution >= 0.6 is 0 Å². The van der Waals surface area contributed by atoms with Crippen LogP contribution in [0.5, 0.6) is 0 Å². The molecule has 6 nitrogen and oxygen atoms in total. The Morgan fingerprint density at radius 3 is 3.00 bits per heavy atom. The van der Waals surface area contributed by atoms with Gasteiger partial charge < -0.3 is 15.4 Å². The molecule has 0 bridgehead atoms. The zero-order valence-corrected chi connectivity index (χ0v) is 7.65. The highest BCUT2D eigenvalue weighted by molar-refractivity contribution is 5.91. The van der Waals surface area contributed by atoms with Crippen molar-refractivity contribution in [2.24, 2.45) is 0 Å². The van der Waals surface area contributed by atoms with Crippen LogP contribution in [0.1, 0.15) is 17.4 Å². The summed E-state index contributed by atoms with van der Waals surface area (Å²) in [5.74, 6) is -0.429. The largest absolute Gasteiger partial charge is 0.392 e. The normalized spacial score (nSPS) is 12.1. The fraction of sp³-hybridized carbons (Fsp3) is 0.375. The standard InChI is InChI=1S/C8H11N3O3/c1-5(12)2-11-8(14)6-3-10-7(13)4-9-6/h3-5,12H,2H2,1H3,(H,10,13)(H,11,14)/t5-/m1/s1. The molecule has 1 aromatic rings. The summed E-state index contributed by atoms with van der Waals surface area (Å²) in [7, 11) is 0. The van der Waals surface area contributed by atoms with Crippen molar-refractivity contribution in [2.75, 3.05) is 6.54 Å². The van der Waals surface area contributed by atoms with Gasteiger partial charge in [-0.2, -0.15) is 0 Å². The second-order valence-electron chi connectivity index (χ2n) is 2.86. The van der Waals surface area contributed by atoms with E-state index in [4.69, 9.17) is 5.11 Å². The van der Waals surface area contributed by atoms with Crippen LogP contribution in [-0.4, -0.2) is 33.6 Å². The number of amides is 1. The van der Waals surface area contributed by atoms with Crippen molar-refractivity contribution >= 4 is 5.91 Å². The Bertz CT molecular complexity index is 352. The zero-order chi connectivity index (χ0) is 10.6. The highest BCUT2D eigenvalue weighted by atomic mass is 16.3. The fourth-order valence-corrected chi connectivity index (χ4v) is 0.797. The molecule has 3 N–H and O–H groups in total. The maximum atomic E-state index is 11.3. The van der Waals surface area contributed by atoms with Gasteiger partial charge in [-0.1, -0.05) is 0 Å². The molecule has 0 aliphatic carbocycles. The number of aromatic amines is 1. The minimum Gasteiger partial charge on any atom is -0.392 e. The van der Waals surface area contributed by atoms with Crippen molar-refractivity contribution in [3.8, 4) is 0 Å². The smallest absolute Gasteiger partial charge is 0.271 e. The van der Waals surface area contributed by atoms with Crippen LogP contribution < -0.4 is 10.9 Å². The number of aromatic nitrogens is 2. The molecular formula is C8H11N3O3. The third-order valence-electron chi connectivity index (χ3n) is 1.46. The van der Waals surface area contributed by atoms with E-state index in [0.29, 0.717) is 0 Å². The molecule has 1 heterocycles. The Hall–Kier alpha value is -1.69. The van der Waals surface area contributed by atoms with E-state index < -0.39 is 12.0 Å². The summed E-state index contributed by atoms with van der Waals surface area (Å²) in [6, 6.07) is 0. The van der Waals surface area contributed by atoms with E-state index in [9.17, 15) is 9.59 Å². The average molecular weight is 197 g/mol. The monoisotopic (exact) mass is 197 g/mol. The third kappa shape index (κ3) is 2.98. The third-order valence-corrected chi connectivity index (χ3v) is 1.46. The van der Waals surface area contributed by atoms with Gasteiger partial charge in [-0.25, -0.2) is 4.98 Å². The predicted octanol–water partition coefficient (Wildman–Crippen LogP) is -1.12. The number of carbonyl (C=O) groups is 1. The molecule has 0 radical (unpaired) electrons. The lowest BCUT2D eigenvalue weighted by molar-refractivity contribution is 0.0918. The summed E-state index contributed by atoms with van der Waals surface area (Å²) >= 11 is 0. The van der Waals surface area contributed by atoms with E-state index in [2.05, 4.69) is 15.3 Å². The van der Waals surface area contributed by atoms with Gasteiger partial charge in [-0.15, -0.1) is 0 Å². The minimum atomic E-state index is -0.610. The number of carbonyl (C=O) groups excluding carboxylic acids is 1. The number of aliphatic hydroxyl groups is 1. The van der Waals surface area contributed by atoms with Gasteiger partial charge in [-0.3, -0.25) is 9.59 Å². The second kappa shape index (κ2) is 4.52. The molecule has 0 aromatic carbocycles. The van der Waals surface area contributed by atoms with E-state index in [1.807, 2.05) is 0 Å². The lowest BCUT2D eigenvalue weighted by atomic mass is 10.3. The molecule has 0 aliphatic rings. The van der Waals surface area contributed by atoms with Crippen LogP contribution in [0.25, 0.3) is 0 Å². The Labute approximate surface area is 80.0 Å². The molecule has 0 fully saturated rings. The molecule has 0 saturated heterocycles. The first-order valence-corrected chi connectivity index (χ1v) is 4.10. The van der Waals surface area contributed by atoms with E-state index in [1.54, 1.807) is 6.92 Å². The number of hydrogen-bond acceptors (Lipinski definition) is 4. The van der Waals surface area contributed by atoms with Gasteiger partial charge in [0.25, 0.3) is 11.5 Å². The van der Waals surface area contributed by atoms with Crippen molar-refractivity contribution in [1.82, 2.24) is 15.3 Å². The van der Waals surface area contributed by atoms with E-state index >= 15 is 0 Å². The average Bonchev–Trinajstić information content (AvgIpc) is 2.15. The minimum absolute atomic E-state index is 0.116. The molecule has 14 heavy (non-hydrogen) atoms. The summed E-state index contributed by atoms with van der Waals surface area (Å²) in [4.78, 5) is 27.8. The van der Waals surface area contributed by atoms with E-state index in [0.717, 1.165) is 6.20 Å². The maximum absolute atomic E-state index is 11.3. The predicted molar refractivity (Wildman–Crippen MR) is 48.9 cm³/mol. The molecule has 0 saturated carbocycles. The molecule has 1 atom stereocenters. The van der Waals surface area contributed by atoms with Crippen LogP contribution in [0.2, 0.25) is 0 Å². The Kier molecular flexibility index (Phi) is 3.35. The first-order chi connectivity index (χ1) is 6.59. The molecule has 6 heteroatoms. The van der Waals surface area contributed by atoms with E-state index in [-0.39, 0.29) is 17.8 Å². The van der Waals surface area contributed by atoms with Crippen molar-refractivity contribution in [2.45, 2.75) is 13.0 Å². The topological polar surface area (TPSA) is 95.1 Å². The van der Waals surface area contributed by atoms with Gasteiger partial charge >= 0.3 is 0 Å². The lowest BCUT2D eigenvalue weighted by Gasteiger charge is -2.05. The van der Waals surface area contributed by atoms with Gasteiger partial charge in [-0.05, 0) is 6.92 Å². The maximum Gasteiger partial charge on any atom is 0.271 e. The molecule has 0 aliphatic heterocycles. The van der Waals surface area contributed by atoms with Crippen LogP contribution in [-0.2, 0) is 0 Å². The number of rotatable bonds is 3. The van der Waals surface area contributed by atoms with Gasteiger partial charge in [0, 0.05) is 12.7 Å². The summed E-state index contributed by atoms with van der Waals surface area (Å²) in [5.41, 5.74) is -0.248. The van der Waals surface area contributed by atoms with Crippen LogP contribution in [0.4, 0.5) is 0 Å². The number of hydrogen-bond donors (Lipinski definition) is 3. The van der Waals surface area contributed by atoms with Crippen molar-refractivity contribution in [3.05, 3.63) is 28.4 Å². The van der Waals surface area contributed by atoms with Crippen molar-refractivity contribution in [1.29, 1.82) is 0 Å². The molecule has 1 amide bonds. The van der Waals surface area contributed by atoms with Gasteiger partial charge in [0.15, 0.2) is 0 Å². The first-order valence-electron chi connectivity index (χ1n) is 4.10. The molecule has 0 spiro atoms. The number of nitrogens with one attached hydrogen (secondary N) is 2. The SMILES string of the molecule is C[C@@H](O)CNC(=O)c1c[nH]c(=O)cn1. The molecule has 76 valence electrons. The molecular weight excluding hydrogens is 186 g/mol. The zero-order valence-electron chi connectivity index (χ0n) is 7.65. The van der Waals surface area contributed by atoms with E-state index in [1.165, 1.54) is 6.20 Å². The summed E-state index contributed by atoms with van der Waals surface area (Å²) in [6.45, 7) is 1.71. The van der Waals surface area contributed by atoms with Gasteiger partial charge in [0.05, 0.1) is 12.3 Å². The number of nitrogens with zero attached hydrogens (tertiary/aromatic N) is 1. The van der Waals surface area contributed by atoms with Crippen LogP contribution in [0.15, 0.2) is 17.2 Å². The Morgan fingerprint density at radius 1 is 1.79 bits per heavy atom. The highest BCUT2D eigenvalue weighted by Crippen LogP contribution is 1.87. The second-order valence-corrected chi connectivity index (χ2v) is 2.86. The van der Waals surface area contributed by atoms with Gasteiger partial charge in [0.1, 0.15) is 5.69 Å². The highest BCUT2D eigenvalue weighted by Gasteiger charge is 2.06. The first kappa shape index (κ1) is 10.4. The lowest BCUT2D eigenvalue weighted by Crippen LogP contribution is -2.31.